The minimum Gasteiger partial charge on any atom is -0.469 e. The summed E-state index contributed by atoms with van der Waals surface area (Å²) in [6.07, 6.45) is -1.32. The largest absolute Gasteiger partial charge is 0.469 e. The third-order valence-electron chi connectivity index (χ3n) is 5.22. The van der Waals surface area contributed by atoms with Gasteiger partial charge in [-0.3, -0.25) is 4.79 Å². The number of carbonyl (C=O) groups is 3. The van der Waals surface area contributed by atoms with Gasteiger partial charge in [-0.15, -0.1) is 0 Å². The van der Waals surface area contributed by atoms with Crippen LogP contribution in [0.1, 0.15) is 46.1 Å². The molecule has 0 aromatic heterocycles. The van der Waals surface area contributed by atoms with Gasteiger partial charge in [-0.25, -0.2) is 14.5 Å². The molecule has 0 spiro atoms. The highest BCUT2D eigenvalue weighted by molar-refractivity contribution is 6.07. The van der Waals surface area contributed by atoms with Gasteiger partial charge < -0.3 is 18.9 Å². The number of cyclic esters (lactones) is 1. The van der Waals surface area contributed by atoms with Crippen molar-refractivity contribution in [1.29, 1.82) is 0 Å². The third kappa shape index (κ3) is 3.22. The van der Waals surface area contributed by atoms with Crippen LogP contribution in [-0.2, 0) is 23.8 Å². The maximum absolute atomic E-state index is 13.1. The molecule has 3 aliphatic rings. The molecule has 30 heavy (non-hydrogen) atoms. The molecule has 3 aliphatic heterocycles. The molecule has 2 amide bonds. The first-order chi connectivity index (χ1) is 14.1. The van der Waals surface area contributed by atoms with E-state index in [1.807, 2.05) is 18.2 Å². The van der Waals surface area contributed by atoms with E-state index in [1.165, 1.54) is 6.26 Å². The summed E-state index contributed by atoms with van der Waals surface area (Å²) in [6, 6.07) is 7.26. The summed E-state index contributed by atoms with van der Waals surface area (Å²) < 4.78 is 22.2. The number of ether oxygens (including phenoxy) is 4. The average molecular weight is 413 g/mol. The van der Waals surface area contributed by atoms with Crippen LogP contribution in [0.5, 0.6) is 5.75 Å². The smallest absolute Gasteiger partial charge is 0.420 e. The minimum absolute atomic E-state index is 0.226. The molecule has 1 aromatic carbocycles. The molecule has 0 radical (unpaired) electrons. The van der Waals surface area contributed by atoms with E-state index in [9.17, 15) is 14.4 Å². The Morgan fingerprint density at radius 2 is 1.83 bits per heavy atom. The van der Waals surface area contributed by atoms with Crippen LogP contribution in [0, 0.1) is 0 Å². The lowest BCUT2D eigenvalue weighted by Gasteiger charge is -2.26. The Morgan fingerprint density at radius 3 is 2.47 bits per heavy atom. The first-order valence-electron chi connectivity index (χ1n) is 9.64. The van der Waals surface area contributed by atoms with Gasteiger partial charge in [0.05, 0.1) is 17.8 Å². The van der Waals surface area contributed by atoms with E-state index < -0.39 is 42.0 Å². The minimum atomic E-state index is -0.913. The van der Waals surface area contributed by atoms with Crippen LogP contribution >= 0.6 is 0 Å². The van der Waals surface area contributed by atoms with E-state index in [1.54, 1.807) is 40.7 Å². The van der Waals surface area contributed by atoms with Crippen molar-refractivity contribution >= 4 is 18.0 Å². The maximum atomic E-state index is 13.1. The first kappa shape index (κ1) is 20.0. The highest BCUT2D eigenvalue weighted by atomic mass is 16.7. The van der Waals surface area contributed by atoms with Gasteiger partial charge in [-0.2, -0.15) is 0 Å². The van der Waals surface area contributed by atoms with E-state index in [2.05, 4.69) is 0 Å². The van der Waals surface area contributed by atoms with Gasteiger partial charge in [0.25, 0.3) is 12.2 Å². The number of hydrogen-bond donors (Lipinski definition) is 0. The van der Waals surface area contributed by atoms with Crippen molar-refractivity contribution in [2.75, 3.05) is 0 Å². The van der Waals surface area contributed by atoms with Gasteiger partial charge in [0, 0.05) is 16.7 Å². The Morgan fingerprint density at radius 1 is 1.13 bits per heavy atom. The number of hydrogen-bond acceptors (Lipinski definition) is 7. The molecule has 3 heterocycles. The van der Waals surface area contributed by atoms with Gasteiger partial charge in [-0.1, -0.05) is 18.2 Å². The van der Waals surface area contributed by atoms with Crippen molar-refractivity contribution in [3.05, 3.63) is 52.8 Å². The lowest BCUT2D eigenvalue weighted by atomic mass is 9.94. The van der Waals surface area contributed by atoms with Crippen LogP contribution in [-0.4, -0.2) is 41.0 Å². The third-order valence-corrected chi connectivity index (χ3v) is 5.22. The monoisotopic (exact) mass is 413 g/mol. The van der Waals surface area contributed by atoms with Gasteiger partial charge >= 0.3 is 12.1 Å². The van der Waals surface area contributed by atoms with E-state index in [-0.39, 0.29) is 5.57 Å². The fourth-order valence-electron chi connectivity index (χ4n) is 3.61. The molecule has 0 aliphatic carbocycles. The van der Waals surface area contributed by atoms with Gasteiger partial charge in [-0.05, 0) is 40.7 Å². The van der Waals surface area contributed by atoms with Gasteiger partial charge in [0.1, 0.15) is 11.4 Å². The molecule has 0 N–H and O–H groups in total. The van der Waals surface area contributed by atoms with Crippen LogP contribution in [0.3, 0.4) is 0 Å². The van der Waals surface area contributed by atoms with Crippen molar-refractivity contribution < 1.29 is 33.3 Å². The molecule has 1 aromatic rings. The Kier molecular flexibility index (Phi) is 4.60. The van der Waals surface area contributed by atoms with Crippen LogP contribution in [0.15, 0.2) is 47.2 Å². The second kappa shape index (κ2) is 6.90. The number of para-hydroxylation sites is 1. The Bertz CT molecular complexity index is 1000. The fraction of sp³-hybridized carbons (Fsp3) is 0.409. The molecular weight excluding hydrogens is 390 g/mol. The molecule has 8 nitrogen and oxygen atoms in total. The highest BCUT2D eigenvalue weighted by Gasteiger charge is 2.55. The number of imide groups is 1. The molecule has 3 atom stereocenters. The maximum Gasteiger partial charge on any atom is 0.420 e. The van der Waals surface area contributed by atoms with Crippen molar-refractivity contribution in [1.82, 2.24) is 4.90 Å². The zero-order valence-electron chi connectivity index (χ0n) is 17.4. The second-order valence-corrected chi connectivity index (χ2v) is 8.43. The molecule has 4 rings (SSSR count). The van der Waals surface area contributed by atoms with Crippen LogP contribution in [0.25, 0.3) is 0 Å². The lowest BCUT2D eigenvalue weighted by Crippen LogP contribution is -2.44. The second-order valence-electron chi connectivity index (χ2n) is 8.43. The fourth-order valence-corrected chi connectivity index (χ4v) is 3.61. The van der Waals surface area contributed by atoms with Crippen LogP contribution in [0.2, 0.25) is 0 Å². The van der Waals surface area contributed by atoms with Crippen molar-refractivity contribution in [3.8, 4) is 5.75 Å². The molecule has 0 saturated carbocycles. The summed E-state index contributed by atoms with van der Waals surface area (Å²) in [5.41, 5.74) is 1.32. The number of nitrogens with zero attached hydrogens (tertiary/aromatic N) is 1. The van der Waals surface area contributed by atoms with Crippen molar-refractivity contribution in [2.45, 2.75) is 58.7 Å². The molecule has 1 saturated heterocycles. The summed E-state index contributed by atoms with van der Waals surface area (Å²) in [5.74, 6) is -0.990. The number of rotatable bonds is 2. The molecule has 8 heteroatoms. The van der Waals surface area contributed by atoms with Gasteiger partial charge in [0.15, 0.2) is 6.23 Å². The van der Waals surface area contributed by atoms with E-state index in [4.69, 9.17) is 18.9 Å². The number of amides is 2. The van der Waals surface area contributed by atoms with E-state index >= 15 is 0 Å². The standard InChI is InChI=1S/C22H23NO7/c1-11-12(2)20(29-19(11)25)27-10-14-16-13-8-6-7-9-15(13)28-18(16)23(17(14)24)21(26)30-22(3,4)5/h6-10,16,18,20H,1-5H3/b14-10+. The predicted octanol–water partition coefficient (Wildman–Crippen LogP) is 3.39. The van der Waals surface area contributed by atoms with E-state index in [0.717, 1.165) is 10.5 Å². The van der Waals surface area contributed by atoms with Crippen LogP contribution < -0.4 is 4.74 Å². The zero-order chi connectivity index (χ0) is 21.8. The molecule has 3 unspecified atom stereocenters. The highest BCUT2D eigenvalue weighted by Crippen LogP contribution is 2.48. The summed E-state index contributed by atoms with van der Waals surface area (Å²) in [6.45, 7) is 8.54. The molecule has 0 bridgehead atoms. The SMILES string of the molecule is CC1=C(C)C(O/C=C2/C(=O)N(C(=O)OC(C)(C)C)C3Oc4ccccc4C23)OC1=O. The lowest BCUT2D eigenvalue weighted by molar-refractivity contribution is -0.153. The Hall–Kier alpha value is -3.29. The predicted molar refractivity (Wildman–Crippen MR) is 104 cm³/mol. The number of carbonyl (C=O) groups excluding carboxylic acids is 3. The number of esters is 1. The van der Waals surface area contributed by atoms with Crippen LogP contribution in [0.4, 0.5) is 4.79 Å². The molecule has 1 fully saturated rings. The normalized spacial score (nSPS) is 26.5. The number of likely N-dealkylation sites (tertiary alicyclic amines) is 1. The molecular formula is C22H23NO7. The summed E-state index contributed by atoms with van der Waals surface area (Å²) in [7, 11) is 0. The molecule has 158 valence electrons. The topological polar surface area (TPSA) is 91.4 Å². The zero-order valence-corrected chi connectivity index (χ0v) is 17.4. The van der Waals surface area contributed by atoms with Crippen molar-refractivity contribution in [2.24, 2.45) is 0 Å². The number of benzene rings is 1. The Balaban J connectivity index is 1.68. The quantitative estimate of drug-likeness (QED) is 0.417. The summed E-state index contributed by atoms with van der Waals surface area (Å²) >= 11 is 0. The Labute approximate surface area is 174 Å². The summed E-state index contributed by atoms with van der Waals surface area (Å²) in [4.78, 5) is 38.6. The first-order valence-corrected chi connectivity index (χ1v) is 9.64. The van der Waals surface area contributed by atoms with E-state index in [0.29, 0.717) is 16.9 Å². The summed E-state index contributed by atoms with van der Waals surface area (Å²) in [5, 5.41) is 0. The van der Waals surface area contributed by atoms with Crippen molar-refractivity contribution in [3.63, 3.8) is 0 Å². The average Bonchev–Trinajstić information content (AvgIpc) is 3.23. The van der Waals surface area contributed by atoms with Gasteiger partial charge in [0.2, 0.25) is 0 Å². The number of fused-ring (bicyclic) bond motifs is 3.